The molecule has 9 rings (SSSR count). The predicted molar refractivity (Wildman–Crippen MR) is 217 cm³/mol. The number of aromatic nitrogens is 3. The maximum Gasteiger partial charge on any atom is 0.350 e. The van der Waals surface area contributed by atoms with Crippen molar-refractivity contribution >= 4 is 65.7 Å². The number of H-pyrrole nitrogens is 1. The molecule has 3 saturated heterocycles. The molecule has 2 unspecified atom stereocenters. The van der Waals surface area contributed by atoms with E-state index in [1.807, 2.05) is 18.3 Å². The van der Waals surface area contributed by atoms with Gasteiger partial charge in [-0.15, -0.1) is 0 Å². The minimum atomic E-state index is -4.31. The molecule has 1 aliphatic carbocycles. The summed E-state index contributed by atoms with van der Waals surface area (Å²) < 4.78 is 33.2. The van der Waals surface area contributed by atoms with Crippen LogP contribution in [0.4, 0.5) is 5.13 Å². The van der Waals surface area contributed by atoms with E-state index in [1.165, 1.54) is 6.92 Å². The maximum atomic E-state index is 13.7. The Hall–Kier alpha value is -3.95. The van der Waals surface area contributed by atoms with Gasteiger partial charge in [-0.2, -0.15) is 8.42 Å². The summed E-state index contributed by atoms with van der Waals surface area (Å²) in [6.45, 7) is 6.63. The van der Waals surface area contributed by atoms with Gasteiger partial charge in [0.2, 0.25) is 5.91 Å². The van der Waals surface area contributed by atoms with Crippen LogP contribution in [0.2, 0.25) is 0 Å². The fraction of sp³-hybridized carbons (Fsp3) is 0.524. The average molecular weight is 799 g/mol. The standard InChI is InChI=1S/C42H50N6O6S2/c1-26-38(55-40(44-26)45-27(2)49)56(52,53)54-34-13-9-12-30-31-16-19-43-36(37(31)46-35(30)34)32-24-42(51)18-7-5-3-4-6-8-20-47-22-17-33(32)41(25-47)23-28-14-15-29(50)11-10-21-48(28)39(41)42/h3,5,9,12-13,16,19,24,28,33,39,46,51H,4,6-8,10-11,14-15,17-18,20-23,25H2,1-2H3,(H,44,45,49)/b5-3-/t28-,33?,39+,41-,42-/m0/s1. The number of anilines is 1. The first-order valence-electron chi connectivity index (χ1n) is 20.1. The third-order valence-corrected chi connectivity index (χ3v) is 15.9. The van der Waals surface area contributed by atoms with E-state index in [4.69, 9.17) is 9.17 Å². The summed E-state index contributed by atoms with van der Waals surface area (Å²) in [5, 5.41) is 17.7. The Morgan fingerprint density at radius 3 is 2.75 bits per heavy atom. The van der Waals surface area contributed by atoms with Gasteiger partial charge in [0.25, 0.3) is 0 Å². The molecule has 3 fully saturated rings. The van der Waals surface area contributed by atoms with Gasteiger partial charge >= 0.3 is 10.1 Å². The number of fused-ring (bicyclic) bond motifs is 5. The van der Waals surface area contributed by atoms with Gasteiger partial charge in [0.15, 0.2) is 15.1 Å². The average Bonchev–Trinajstić information content (AvgIpc) is 3.82. The van der Waals surface area contributed by atoms with E-state index in [9.17, 15) is 23.1 Å². The van der Waals surface area contributed by atoms with Crippen LogP contribution in [-0.2, 0) is 19.7 Å². The number of ketones is 1. The fourth-order valence-corrected chi connectivity index (χ4v) is 13.3. The quantitative estimate of drug-likeness (QED) is 0.146. The second-order valence-corrected chi connectivity index (χ2v) is 19.4. The Morgan fingerprint density at radius 2 is 1.89 bits per heavy atom. The zero-order valence-corrected chi connectivity index (χ0v) is 33.7. The van der Waals surface area contributed by atoms with Crippen LogP contribution in [-0.4, -0.2) is 93.8 Å². The van der Waals surface area contributed by atoms with Crippen molar-refractivity contribution in [2.45, 2.75) is 106 Å². The summed E-state index contributed by atoms with van der Waals surface area (Å²) in [5.41, 5.74) is 1.98. The van der Waals surface area contributed by atoms with Gasteiger partial charge in [-0.25, -0.2) is 4.98 Å². The zero-order chi connectivity index (χ0) is 38.8. The van der Waals surface area contributed by atoms with E-state index in [-0.39, 0.29) is 50.1 Å². The lowest BCUT2D eigenvalue weighted by Crippen LogP contribution is -2.65. The molecule has 296 valence electrons. The number of carbonyl (C=O) groups is 2. The Labute approximate surface area is 331 Å². The molecule has 12 nitrogen and oxygen atoms in total. The largest absolute Gasteiger partial charge is 0.384 e. The van der Waals surface area contributed by atoms with Crippen LogP contribution in [0.1, 0.15) is 88.9 Å². The first-order valence-corrected chi connectivity index (χ1v) is 22.4. The first-order chi connectivity index (χ1) is 27.0. The first kappa shape index (κ1) is 37.6. The van der Waals surface area contributed by atoms with Crippen molar-refractivity contribution in [1.29, 1.82) is 0 Å². The van der Waals surface area contributed by atoms with Crippen molar-refractivity contribution in [3.8, 4) is 5.75 Å². The van der Waals surface area contributed by atoms with Crippen LogP contribution in [0.3, 0.4) is 0 Å². The predicted octanol–water partition coefficient (Wildman–Crippen LogP) is 6.75. The summed E-state index contributed by atoms with van der Waals surface area (Å²) in [5.74, 6) is 0.274. The van der Waals surface area contributed by atoms with Gasteiger partial charge in [0, 0.05) is 60.8 Å². The minimum absolute atomic E-state index is 0.0765. The van der Waals surface area contributed by atoms with E-state index in [0.717, 1.165) is 116 Å². The van der Waals surface area contributed by atoms with Gasteiger partial charge in [-0.1, -0.05) is 35.6 Å². The second-order valence-electron chi connectivity index (χ2n) is 16.6. The zero-order valence-electron chi connectivity index (χ0n) is 32.1. The van der Waals surface area contributed by atoms with Crippen LogP contribution in [0, 0.1) is 18.3 Å². The number of aryl methyl sites for hydroxylation is 1. The van der Waals surface area contributed by atoms with Crippen LogP contribution >= 0.6 is 11.3 Å². The molecule has 14 heteroatoms. The number of piperidine rings is 1. The monoisotopic (exact) mass is 798 g/mol. The molecule has 5 aliphatic rings. The maximum absolute atomic E-state index is 13.7. The molecule has 0 radical (unpaired) electrons. The lowest BCUT2D eigenvalue weighted by atomic mass is 9.54. The summed E-state index contributed by atoms with van der Waals surface area (Å²) >= 11 is 0.851. The molecule has 6 atom stereocenters. The number of nitrogens with one attached hydrogen (secondary N) is 2. The highest BCUT2D eigenvalue weighted by molar-refractivity contribution is 7.89. The van der Waals surface area contributed by atoms with Crippen molar-refractivity contribution in [1.82, 2.24) is 24.8 Å². The Morgan fingerprint density at radius 1 is 1.05 bits per heavy atom. The van der Waals surface area contributed by atoms with Gasteiger partial charge in [-0.05, 0) is 114 Å². The molecular formula is C42H50N6O6S2. The number of para-hydroxylation sites is 1. The van der Waals surface area contributed by atoms with E-state index in [0.29, 0.717) is 30.6 Å². The van der Waals surface area contributed by atoms with Gasteiger partial charge in [0.05, 0.1) is 28.0 Å². The topological polar surface area (TPSA) is 158 Å². The molecule has 1 amide bonds. The van der Waals surface area contributed by atoms with Crippen molar-refractivity contribution < 1.29 is 27.3 Å². The van der Waals surface area contributed by atoms with Crippen LogP contribution in [0.5, 0.6) is 5.75 Å². The number of aliphatic hydroxyl groups is 1. The number of hydrogen-bond acceptors (Lipinski definition) is 11. The van der Waals surface area contributed by atoms with E-state index >= 15 is 0 Å². The molecule has 0 saturated carbocycles. The smallest absolute Gasteiger partial charge is 0.350 e. The normalized spacial score (nSPS) is 30.6. The van der Waals surface area contributed by atoms with E-state index in [2.05, 4.69) is 43.3 Å². The lowest BCUT2D eigenvalue weighted by molar-refractivity contribution is -0.121. The highest BCUT2D eigenvalue weighted by Gasteiger charge is 2.66. The van der Waals surface area contributed by atoms with Crippen LogP contribution in [0.15, 0.2) is 52.9 Å². The molecule has 1 aromatic carbocycles. The number of nitrogens with zero attached hydrogens (tertiary/aromatic N) is 4. The Balaban J connectivity index is 1.17. The van der Waals surface area contributed by atoms with Crippen molar-refractivity contribution in [3.63, 3.8) is 0 Å². The molecule has 3 N–H and O–H groups in total. The molecule has 56 heavy (non-hydrogen) atoms. The van der Waals surface area contributed by atoms with Crippen molar-refractivity contribution in [3.05, 3.63) is 60.1 Å². The third kappa shape index (κ3) is 6.51. The summed E-state index contributed by atoms with van der Waals surface area (Å²) in [7, 11) is -4.31. The number of carbonyl (C=O) groups excluding carboxylic acids is 2. The highest BCUT2D eigenvalue weighted by atomic mass is 32.3. The number of aromatic amines is 1. The number of pyridine rings is 1. The number of rotatable bonds is 5. The molecule has 4 aliphatic heterocycles. The Bertz CT molecular complexity index is 2390. The summed E-state index contributed by atoms with van der Waals surface area (Å²) in [6.07, 6.45) is 17.9. The lowest BCUT2D eigenvalue weighted by Gasteiger charge is -2.58. The molecule has 3 bridgehead atoms. The number of allylic oxidation sites excluding steroid dienone is 3. The molecule has 4 aromatic rings. The van der Waals surface area contributed by atoms with Crippen LogP contribution < -0.4 is 9.50 Å². The highest BCUT2D eigenvalue weighted by Crippen LogP contribution is 2.62. The molecular weight excluding hydrogens is 749 g/mol. The van der Waals surface area contributed by atoms with E-state index < -0.39 is 15.7 Å². The number of thiazole rings is 1. The van der Waals surface area contributed by atoms with Crippen LogP contribution in [0.25, 0.3) is 27.4 Å². The third-order valence-electron chi connectivity index (χ3n) is 13.0. The second kappa shape index (κ2) is 14.5. The summed E-state index contributed by atoms with van der Waals surface area (Å²) in [4.78, 5) is 42.5. The Kier molecular flexibility index (Phi) is 9.71. The number of Topliss-reactive ketones (excluding diaryl/α,β-unsaturated/α-hetero) is 1. The number of benzene rings is 1. The van der Waals surface area contributed by atoms with Gasteiger partial charge in [-0.3, -0.25) is 19.5 Å². The van der Waals surface area contributed by atoms with Crippen molar-refractivity contribution in [2.75, 3.05) is 31.5 Å². The van der Waals surface area contributed by atoms with Gasteiger partial charge < -0.3 is 24.5 Å². The summed E-state index contributed by atoms with van der Waals surface area (Å²) in [6, 6.07) is 7.45. The number of hydrogen-bond donors (Lipinski definition) is 3. The van der Waals surface area contributed by atoms with E-state index in [1.54, 1.807) is 19.1 Å². The molecule has 7 heterocycles. The SMILES string of the molecule is CC(=O)Nc1nc(C)c(S(=O)(=O)Oc2cccc3c2[nH]c2c(C4=C[C@@]5(O)CC/C=C\CCCCN6CCC4[C@]4(C[C@@H]7CCC(=O)CCCN7[C@H]45)C6)nccc23)s1. The minimum Gasteiger partial charge on any atom is -0.384 e. The molecule has 1 spiro atoms. The fourth-order valence-electron chi connectivity index (χ4n) is 11.0. The van der Waals surface area contributed by atoms with Gasteiger partial charge in [0.1, 0.15) is 5.78 Å². The van der Waals surface area contributed by atoms with Crippen molar-refractivity contribution in [2.24, 2.45) is 11.3 Å². The number of amides is 1. The molecule has 3 aromatic heterocycles.